The number of nitrogens with zero attached hydrogens (tertiary/aromatic N) is 2. The van der Waals surface area contributed by atoms with E-state index in [1.54, 1.807) is 11.7 Å². The first-order valence-electron chi connectivity index (χ1n) is 7.10. The lowest BCUT2D eigenvalue weighted by Crippen LogP contribution is -2.27. The number of hydrogen-bond donors (Lipinski definition) is 1. The molecule has 2 N–H and O–H groups in total. The Bertz CT molecular complexity index is 469. The molecule has 0 bridgehead atoms. The molecule has 20 heavy (non-hydrogen) atoms. The summed E-state index contributed by atoms with van der Waals surface area (Å²) < 4.78 is 39.8. The van der Waals surface area contributed by atoms with Gasteiger partial charge in [-0.2, -0.15) is 18.3 Å². The van der Waals surface area contributed by atoms with Gasteiger partial charge in [-0.1, -0.05) is 13.8 Å². The molecule has 0 aliphatic heterocycles. The summed E-state index contributed by atoms with van der Waals surface area (Å²) in [7, 11) is 1.78. The highest BCUT2D eigenvalue weighted by Crippen LogP contribution is 2.44. The van der Waals surface area contributed by atoms with Crippen molar-refractivity contribution in [2.24, 2.45) is 13.0 Å². The summed E-state index contributed by atoms with van der Waals surface area (Å²) >= 11 is 0. The van der Waals surface area contributed by atoms with E-state index in [0.717, 1.165) is 11.3 Å². The van der Waals surface area contributed by atoms with Crippen molar-refractivity contribution in [3.63, 3.8) is 0 Å². The van der Waals surface area contributed by atoms with E-state index in [1.807, 2.05) is 13.8 Å². The Morgan fingerprint density at radius 1 is 1.20 bits per heavy atom. The molecule has 1 aromatic heterocycles. The molecule has 1 fully saturated rings. The van der Waals surface area contributed by atoms with Gasteiger partial charge in [0.15, 0.2) is 0 Å². The first-order chi connectivity index (χ1) is 9.21. The Morgan fingerprint density at radius 3 is 2.20 bits per heavy atom. The number of rotatable bonds is 2. The SMILES string of the molecule is CC(C)c1c(C2CCC(C(F)(F)F)CC2)nn(C)c1N. The van der Waals surface area contributed by atoms with Crippen molar-refractivity contribution < 1.29 is 13.2 Å². The van der Waals surface area contributed by atoms with Crippen molar-refractivity contribution in [1.29, 1.82) is 0 Å². The lowest BCUT2D eigenvalue weighted by molar-refractivity contribution is -0.182. The molecule has 0 unspecified atom stereocenters. The second-order valence-electron chi connectivity index (χ2n) is 6.05. The molecule has 114 valence electrons. The Hall–Kier alpha value is -1.20. The summed E-state index contributed by atoms with van der Waals surface area (Å²) in [5.74, 6) is -0.177. The summed E-state index contributed by atoms with van der Waals surface area (Å²) in [6, 6.07) is 0. The predicted octanol–water partition coefficient (Wildman–Crippen LogP) is 3.96. The smallest absolute Gasteiger partial charge is 0.384 e. The molecule has 3 nitrogen and oxygen atoms in total. The zero-order valence-electron chi connectivity index (χ0n) is 12.2. The quantitative estimate of drug-likeness (QED) is 0.895. The Morgan fingerprint density at radius 2 is 1.75 bits per heavy atom. The summed E-state index contributed by atoms with van der Waals surface area (Å²) in [6.07, 6.45) is -2.58. The first kappa shape index (κ1) is 15.2. The van der Waals surface area contributed by atoms with Gasteiger partial charge in [-0.3, -0.25) is 4.68 Å². The van der Waals surface area contributed by atoms with Crippen LogP contribution >= 0.6 is 0 Å². The highest BCUT2D eigenvalue weighted by molar-refractivity contribution is 5.46. The van der Waals surface area contributed by atoms with Crippen LogP contribution in [-0.2, 0) is 7.05 Å². The van der Waals surface area contributed by atoms with Gasteiger partial charge in [0.05, 0.1) is 11.6 Å². The molecule has 0 radical (unpaired) electrons. The van der Waals surface area contributed by atoms with Crippen LogP contribution in [0.5, 0.6) is 0 Å². The van der Waals surface area contributed by atoms with Crippen LogP contribution < -0.4 is 5.73 Å². The maximum absolute atomic E-state index is 12.7. The lowest BCUT2D eigenvalue weighted by atomic mass is 9.78. The standard InChI is InChI=1S/C14H22F3N3/c1-8(2)11-12(19-20(3)13(11)18)9-4-6-10(7-5-9)14(15,16)17/h8-10H,4-7,18H2,1-3H3. The van der Waals surface area contributed by atoms with E-state index in [2.05, 4.69) is 5.10 Å². The van der Waals surface area contributed by atoms with Crippen molar-refractivity contribution >= 4 is 5.82 Å². The molecular formula is C14H22F3N3. The van der Waals surface area contributed by atoms with Gasteiger partial charge in [0.25, 0.3) is 0 Å². The maximum Gasteiger partial charge on any atom is 0.391 e. The summed E-state index contributed by atoms with van der Waals surface area (Å²) in [5.41, 5.74) is 7.93. The highest BCUT2D eigenvalue weighted by Gasteiger charge is 2.42. The van der Waals surface area contributed by atoms with E-state index in [-0.39, 0.29) is 24.7 Å². The molecule has 0 atom stereocenters. The zero-order valence-corrected chi connectivity index (χ0v) is 12.2. The van der Waals surface area contributed by atoms with E-state index >= 15 is 0 Å². The summed E-state index contributed by atoms with van der Waals surface area (Å²) in [4.78, 5) is 0. The van der Waals surface area contributed by atoms with Gasteiger partial charge >= 0.3 is 6.18 Å². The number of aromatic nitrogens is 2. The molecule has 2 rings (SSSR count). The predicted molar refractivity (Wildman–Crippen MR) is 72.5 cm³/mol. The van der Waals surface area contributed by atoms with Crippen LogP contribution in [0.2, 0.25) is 0 Å². The third-order valence-corrected chi connectivity index (χ3v) is 4.31. The van der Waals surface area contributed by atoms with Crippen molar-refractivity contribution in [3.8, 4) is 0 Å². The average molecular weight is 289 g/mol. The van der Waals surface area contributed by atoms with Crippen molar-refractivity contribution in [2.75, 3.05) is 5.73 Å². The Balaban J connectivity index is 2.17. The minimum atomic E-state index is -4.06. The number of nitrogen functional groups attached to an aromatic ring is 1. The summed E-state index contributed by atoms with van der Waals surface area (Å²) in [6.45, 7) is 4.08. The third kappa shape index (κ3) is 2.79. The van der Waals surface area contributed by atoms with E-state index in [1.165, 1.54) is 0 Å². The third-order valence-electron chi connectivity index (χ3n) is 4.31. The van der Waals surface area contributed by atoms with Crippen LogP contribution in [0.15, 0.2) is 0 Å². The fourth-order valence-corrected chi connectivity index (χ4v) is 3.16. The normalized spacial score (nSPS) is 24.4. The number of nitrogens with two attached hydrogens (primary N) is 1. The Kier molecular flexibility index (Phi) is 4.02. The van der Waals surface area contributed by atoms with E-state index in [9.17, 15) is 13.2 Å². The van der Waals surface area contributed by atoms with Crippen molar-refractivity contribution in [2.45, 2.75) is 57.5 Å². The van der Waals surface area contributed by atoms with E-state index < -0.39 is 12.1 Å². The van der Waals surface area contributed by atoms with Crippen molar-refractivity contribution in [1.82, 2.24) is 9.78 Å². The molecule has 0 spiro atoms. The molecule has 0 saturated heterocycles. The minimum absolute atomic E-state index is 0.106. The van der Waals surface area contributed by atoms with Gasteiger partial charge in [0, 0.05) is 18.5 Å². The van der Waals surface area contributed by atoms with Crippen LogP contribution in [0.3, 0.4) is 0 Å². The fourth-order valence-electron chi connectivity index (χ4n) is 3.16. The fraction of sp³-hybridized carbons (Fsp3) is 0.786. The average Bonchev–Trinajstić information content (AvgIpc) is 2.65. The van der Waals surface area contributed by atoms with Crippen molar-refractivity contribution in [3.05, 3.63) is 11.3 Å². The molecule has 0 amide bonds. The Labute approximate surface area is 117 Å². The lowest BCUT2D eigenvalue weighted by Gasteiger charge is -2.29. The van der Waals surface area contributed by atoms with E-state index in [4.69, 9.17) is 5.73 Å². The number of anilines is 1. The molecule has 1 saturated carbocycles. The summed E-state index contributed by atoms with van der Waals surface area (Å²) in [5, 5.41) is 4.45. The highest BCUT2D eigenvalue weighted by atomic mass is 19.4. The monoisotopic (exact) mass is 289 g/mol. The van der Waals surface area contributed by atoms with Crippen LogP contribution in [0, 0.1) is 5.92 Å². The number of hydrogen-bond acceptors (Lipinski definition) is 2. The molecule has 1 aliphatic carbocycles. The maximum atomic E-state index is 12.7. The van der Waals surface area contributed by atoms with Gasteiger partial charge in [0.2, 0.25) is 0 Å². The van der Waals surface area contributed by atoms with Crippen LogP contribution in [0.25, 0.3) is 0 Å². The molecule has 1 aromatic rings. The zero-order chi connectivity index (χ0) is 15.1. The van der Waals surface area contributed by atoms with Gasteiger partial charge in [0.1, 0.15) is 5.82 Å². The van der Waals surface area contributed by atoms with Crippen LogP contribution in [0.1, 0.15) is 62.6 Å². The molecule has 1 aliphatic rings. The van der Waals surface area contributed by atoms with Gasteiger partial charge in [-0.05, 0) is 31.6 Å². The number of aryl methyl sites for hydroxylation is 1. The number of halogens is 3. The molecule has 1 heterocycles. The second-order valence-corrected chi connectivity index (χ2v) is 6.05. The van der Waals surface area contributed by atoms with Gasteiger partial charge < -0.3 is 5.73 Å². The minimum Gasteiger partial charge on any atom is -0.384 e. The topological polar surface area (TPSA) is 43.8 Å². The largest absolute Gasteiger partial charge is 0.391 e. The molecule has 6 heteroatoms. The molecular weight excluding hydrogens is 267 g/mol. The number of alkyl halides is 3. The first-order valence-corrected chi connectivity index (χ1v) is 7.10. The van der Waals surface area contributed by atoms with Crippen LogP contribution in [0.4, 0.5) is 19.0 Å². The van der Waals surface area contributed by atoms with Crippen LogP contribution in [-0.4, -0.2) is 16.0 Å². The molecule has 0 aromatic carbocycles. The van der Waals surface area contributed by atoms with Gasteiger partial charge in [-0.25, -0.2) is 0 Å². The van der Waals surface area contributed by atoms with Gasteiger partial charge in [-0.15, -0.1) is 0 Å². The second kappa shape index (κ2) is 5.30. The van der Waals surface area contributed by atoms with E-state index in [0.29, 0.717) is 18.7 Å².